The van der Waals surface area contributed by atoms with E-state index < -0.39 is 10.0 Å². The molecule has 0 fully saturated rings. The highest BCUT2D eigenvalue weighted by Gasteiger charge is 2.26. The molecule has 2 aromatic carbocycles. The largest absolute Gasteiger partial charge is 0.492 e. The molecule has 2 aromatic rings. The van der Waals surface area contributed by atoms with Crippen LogP contribution in [0.5, 0.6) is 5.75 Å². The first-order chi connectivity index (χ1) is 13.3. The molecule has 0 aromatic heterocycles. The molecular weight excluding hydrogens is 376 g/mol. The van der Waals surface area contributed by atoms with Gasteiger partial charge in [-0.3, -0.25) is 9.52 Å². The van der Waals surface area contributed by atoms with E-state index in [9.17, 15) is 13.2 Å². The minimum absolute atomic E-state index is 0.0441. The van der Waals surface area contributed by atoms with Gasteiger partial charge in [-0.25, -0.2) is 8.42 Å². The molecule has 0 aliphatic carbocycles. The van der Waals surface area contributed by atoms with Gasteiger partial charge >= 0.3 is 0 Å². The van der Waals surface area contributed by atoms with Gasteiger partial charge in [0.25, 0.3) is 10.0 Å². The lowest BCUT2D eigenvalue weighted by Crippen LogP contribution is -2.38. The molecule has 150 valence electrons. The molecule has 1 heterocycles. The normalized spacial score (nSPS) is 13.9. The molecule has 0 unspecified atom stereocenters. The van der Waals surface area contributed by atoms with Crippen LogP contribution in [0.4, 0.5) is 11.4 Å². The standard InChI is InChI=1S/C21H26N2O4S/c1-4-27-19-9-5-6-10-20(19)28(25,26)22-17-12-11-16-8-7-13-23(18(16)14-17)21(24)15(2)3/h5-6,9-12,14-15,22H,4,7-8,13H2,1-3H3. The molecule has 0 saturated carbocycles. The van der Waals surface area contributed by atoms with Crippen molar-refractivity contribution in [3.05, 3.63) is 48.0 Å². The Morgan fingerprint density at radius 2 is 1.96 bits per heavy atom. The Morgan fingerprint density at radius 1 is 1.21 bits per heavy atom. The number of rotatable bonds is 6. The number of aryl methyl sites for hydroxylation is 1. The fourth-order valence-electron chi connectivity index (χ4n) is 3.34. The van der Waals surface area contributed by atoms with E-state index in [0.717, 1.165) is 24.1 Å². The van der Waals surface area contributed by atoms with E-state index >= 15 is 0 Å². The predicted octanol–water partition coefficient (Wildman–Crippen LogP) is 3.82. The van der Waals surface area contributed by atoms with Crippen molar-refractivity contribution in [3.8, 4) is 5.75 Å². The van der Waals surface area contributed by atoms with Crippen molar-refractivity contribution in [1.29, 1.82) is 0 Å². The van der Waals surface area contributed by atoms with Gasteiger partial charge in [0.15, 0.2) is 0 Å². The molecule has 6 nitrogen and oxygen atoms in total. The van der Waals surface area contributed by atoms with Crippen molar-refractivity contribution in [2.45, 2.75) is 38.5 Å². The van der Waals surface area contributed by atoms with Crippen LogP contribution in [-0.2, 0) is 21.2 Å². The molecule has 0 atom stereocenters. The number of nitrogens with one attached hydrogen (secondary N) is 1. The highest BCUT2D eigenvalue weighted by Crippen LogP contribution is 2.33. The molecule has 0 saturated heterocycles. The minimum atomic E-state index is -3.83. The van der Waals surface area contributed by atoms with Gasteiger partial charge in [-0.15, -0.1) is 0 Å². The molecule has 0 spiro atoms. The summed E-state index contributed by atoms with van der Waals surface area (Å²) in [6, 6.07) is 11.9. The summed E-state index contributed by atoms with van der Waals surface area (Å²) >= 11 is 0. The lowest BCUT2D eigenvalue weighted by Gasteiger charge is -2.31. The summed E-state index contributed by atoms with van der Waals surface area (Å²) in [6.07, 6.45) is 1.77. The summed E-state index contributed by atoms with van der Waals surface area (Å²) in [6.45, 7) is 6.56. The molecule has 1 N–H and O–H groups in total. The summed E-state index contributed by atoms with van der Waals surface area (Å²) in [5.74, 6) is 0.235. The van der Waals surface area contributed by atoms with E-state index in [1.165, 1.54) is 6.07 Å². The molecule has 0 bridgehead atoms. The van der Waals surface area contributed by atoms with Gasteiger partial charge < -0.3 is 9.64 Å². The fourth-order valence-corrected chi connectivity index (χ4v) is 4.53. The second kappa shape index (κ2) is 8.22. The number of carbonyl (C=O) groups excluding carboxylic acids is 1. The van der Waals surface area contributed by atoms with Crippen molar-refractivity contribution in [1.82, 2.24) is 0 Å². The number of hydrogen-bond acceptors (Lipinski definition) is 4. The van der Waals surface area contributed by atoms with Crippen LogP contribution < -0.4 is 14.4 Å². The maximum absolute atomic E-state index is 12.9. The van der Waals surface area contributed by atoms with Crippen LogP contribution in [0.15, 0.2) is 47.4 Å². The third-order valence-electron chi connectivity index (χ3n) is 4.65. The lowest BCUT2D eigenvalue weighted by atomic mass is 9.99. The van der Waals surface area contributed by atoms with Crippen LogP contribution >= 0.6 is 0 Å². The number of fused-ring (bicyclic) bond motifs is 1. The summed E-state index contributed by atoms with van der Waals surface area (Å²) in [7, 11) is -3.83. The van der Waals surface area contributed by atoms with Crippen LogP contribution in [-0.4, -0.2) is 27.5 Å². The topological polar surface area (TPSA) is 75.7 Å². The van der Waals surface area contributed by atoms with Gasteiger partial charge in [0.1, 0.15) is 10.6 Å². The summed E-state index contributed by atoms with van der Waals surface area (Å²) in [4.78, 5) is 14.4. The Labute approximate surface area is 166 Å². The van der Waals surface area contributed by atoms with Crippen molar-refractivity contribution < 1.29 is 17.9 Å². The second-order valence-electron chi connectivity index (χ2n) is 7.08. The number of anilines is 2. The number of nitrogens with zero attached hydrogens (tertiary/aromatic N) is 1. The molecule has 3 rings (SSSR count). The zero-order valence-electron chi connectivity index (χ0n) is 16.4. The van der Waals surface area contributed by atoms with Gasteiger partial charge in [0.2, 0.25) is 5.91 Å². The maximum Gasteiger partial charge on any atom is 0.265 e. The first-order valence-corrected chi connectivity index (χ1v) is 11.0. The lowest BCUT2D eigenvalue weighted by molar-refractivity contribution is -0.121. The smallest absolute Gasteiger partial charge is 0.265 e. The Balaban J connectivity index is 1.94. The van der Waals surface area contributed by atoms with E-state index in [4.69, 9.17) is 4.74 Å². The third-order valence-corrected chi connectivity index (χ3v) is 6.08. The predicted molar refractivity (Wildman–Crippen MR) is 110 cm³/mol. The van der Waals surface area contributed by atoms with Gasteiger partial charge in [-0.05, 0) is 49.6 Å². The van der Waals surface area contributed by atoms with Crippen molar-refractivity contribution in [3.63, 3.8) is 0 Å². The molecule has 7 heteroatoms. The van der Waals surface area contributed by atoms with E-state index in [-0.39, 0.29) is 16.7 Å². The Kier molecular flexibility index (Phi) is 5.93. The highest BCUT2D eigenvalue weighted by atomic mass is 32.2. The number of carbonyl (C=O) groups is 1. The number of para-hydroxylation sites is 1. The first kappa shape index (κ1) is 20.2. The van der Waals surface area contributed by atoms with E-state index in [2.05, 4.69) is 4.72 Å². The summed E-state index contributed by atoms with van der Waals surface area (Å²) < 4.78 is 33.9. The molecule has 1 aliphatic heterocycles. The number of amides is 1. The number of sulfonamides is 1. The van der Waals surface area contributed by atoms with Crippen LogP contribution in [0.2, 0.25) is 0 Å². The zero-order valence-corrected chi connectivity index (χ0v) is 17.3. The van der Waals surface area contributed by atoms with Crippen LogP contribution in [0.3, 0.4) is 0 Å². The number of hydrogen-bond donors (Lipinski definition) is 1. The maximum atomic E-state index is 12.9. The molecule has 0 radical (unpaired) electrons. The van der Waals surface area contributed by atoms with E-state index in [1.54, 1.807) is 42.2 Å². The van der Waals surface area contributed by atoms with Crippen molar-refractivity contribution >= 4 is 27.3 Å². The van der Waals surface area contributed by atoms with Gasteiger partial charge in [-0.1, -0.05) is 32.0 Å². The quantitative estimate of drug-likeness (QED) is 0.797. The average molecular weight is 403 g/mol. The Morgan fingerprint density at radius 3 is 2.68 bits per heavy atom. The zero-order chi connectivity index (χ0) is 20.3. The molecule has 1 aliphatic rings. The van der Waals surface area contributed by atoms with Crippen molar-refractivity contribution in [2.24, 2.45) is 5.92 Å². The summed E-state index contributed by atoms with van der Waals surface area (Å²) in [5.41, 5.74) is 2.26. The fraction of sp³-hybridized carbons (Fsp3) is 0.381. The Hall–Kier alpha value is -2.54. The molecule has 1 amide bonds. The van der Waals surface area contributed by atoms with Gasteiger partial charge in [0, 0.05) is 18.2 Å². The van der Waals surface area contributed by atoms with E-state index in [0.29, 0.717) is 24.6 Å². The Bertz CT molecular complexity index is 970. The average Bonchev–Trinajstić information content (AvgIpc) is 2.67. The number of ether oxygens (including phenoxy) is 1. The van der Waals surface area contributed by atoms with Crippen LogP contribution in [0.25, 0.3) is 0 Å². The number of benzene rings is 2. The van der Waals surface area contributed by atoms with E-state index in [1.807, 2.05) is 19.9 Å². The first-order valence-electron chi connectivity index (χ1n) is 9.52. The summed E-state index contributed by atoms with van der Waals surface area (Å²) in [5, 5.41) is 0. The highest BCUT2D eigenvalue weighted by molar-refractivity contribution is 7.92. The van der Waals surface area contributed by atoms with Crippen molar-refractivity contribution in [2.75, 3.05) is 22.8 Å². The van der Waals surface area contributed by atoms with Crippen LogP contribution in [0.1, 0.15) is 32.8 Å². The molecular formula is C21H26N2O4S. The second-order valence-corrected chi connectivity index (χ2v) is 8.73. The molecule has 28 heavy (non-hydrogen) atoms. The minimum Gasteiger partial charge on any atom is -0.492 e. The van der Waals surface area contributed by atoms with Gasteiger partial charge in [-0.2, -0.15) is 0 Å². The third kappa shape index (κ3) is 4.14. The van der Waals surface area contributed by atoms with Crippen LogP contribution in [0, 0.1) is 5.92 Å². The van der Waals surface area contributed by atoms with Gasteiger partial charge in [0.05, 0.1) is 12.3 Å². The SMILES string of the molecule is CCOc1ccccc1S(=O)(=O)Nc1ccc2c(c1)N(C(=O)C(C)C)CCC2. The monoisotopic (exact) mass is 402 g/mol.